The molecule has 0 amide bonds. The van der Waals surface area contributed by atoms with E-state index < -0.39 is 12.6 Å². The summed E-state index contributed by atoms with van der Waals surface area (Å²) in [4.78, 5) is 0. The van der Waals surface area contributed by atoms with Crippen LogP contribution in [0.15, 0.2) is 0 Å². The second-order valence-corrected chi connectivity index (χ2v) is 12.0. The van der Waals surface area contributed by atoms with Crippen LogP contribution in [-0.2, 0) is 0 Å². The van der Waals surface area contributed by atoms with Crippen molar-refractivity contribution in [3.8, 4) is 0 Å². The minimum Gasteiger partial charge on any atom is -0.171 e. The molecule has 0 nitrogen and oxygen atoms in total. The Morgan fingerprint density at radius 1 is 0.750 bits per heavy atom. The van der Waals surface area contributed by atoms with E-state index in [0.29, 0.717) is 23.7 Å². The summed E-state index contributed by atoms with van der Waals surface area (Å²) in [6, 6.07) is 0. The van der Waals surface area contributed by atoms with Gasteiger partial charge in [0.2, 0.25) is 0 Å². The molecule has 5 aliphatic rings. The number of fused-ring (bicyclic) bond motifs is 5. The van der Waals surface area contributed by atoms with Crippen molar-refractivity contribution in [1.29, 1.82) is 0 Å². The third-order valence-electron chi connectivity index (χ3n) is 11.0. The van der Waals surface area contributed by atoms with Crippen LogP contribution in [0.5, 0.6) is 0 Å². The summed E-state index contributed by atoms with van der Waals surface area (Å²) < 4.78 is 38.6. The molecule has 5 rings (SSSR count). The Hall–Kier alpha value is -0.210. The van der Waals surface area contributed by atoms with Gasteiger partial charge in [0.05, 0.1) is 0 Å². The Morgan fingerprint density at radius 2 is 1.46 bits per heavy atom. The fraction of sp³-hybridized carbons (Fsp3) is 1.00. The molecule has 0 N–H and O–H groups in total. The molecule has 3 heteroatoms. The maximum absolute atomic E-state index is 12.9. The van der Waals surface area contributed by atoms with Gasteiger partial charge in [-0.15, -0.1) is 0 Å². The van der Waals surface area contributed by atoms with E-state index in [9.17, 15) is 13.2 Å². The second-order valence-electron chi connectivity index (χ2n) is 12.0. The minimum absolute atomic E-state index is 0.181. The zero-order valence-corrected chi connectivity index (χ0v) is 17.9. The van der Waals surface area contributed by atoms with Gasteiger partial charge in [0, 0.05) is 6.42 Å². The first-order valence-corrected chi connectivity index (χ1v) is 12.3. The monoisotopic (exact) mass is 396 g/mol. The van der Waals surface area contributed by atoms with Crippen molar-refractivity contribution < 1.29 is 13.2 Å². The van der Waals surface area contributed by atoms with Crippen LogP contribution in [0.3, 0.4) is 0 Å². The average molecular weight is 397 g/mol. The van der Waals surface area contributed by atoms with Crippen LogP contribution < -0.4 is 0 Å². The van der Waals surface area contributed by atoms with Crippen LogP contribution in [0, 0.1) is 52.3 Å². The third kappa shape index (κ3) is 3.16. The number of hydrogen-bond donors (Lipinski definition) is 0. The number of hydrogen-bond acceptors (Lipinski definition) is 0. The number of alkyl halides is 3. The van der Waals surface area contributed by atoms with Crippen molar-refractivity contribution >= 4 is 0 Å². The van der Waals surface area contributed by atoms with E-state index in [0.717, 1.165) is 36.0 Å². The molecule has 0 aliphatic heterocycles. The van der Waals surface area contributed by atoms with Gasteiger partial charge in [-0.3, -0.25) is 0 Å². The SMILES string of the molecule is CC12CCC3[C@@H](CC[C@@H]4CC(C5CC5)CC[C@]34C)C1CCC2CCC(F)(F)F. The number of rotatable bonds is 3. The Kier molecular flexibility index (Phi) is 4.68. The Bertz CT molecular complexity index is 593. The third-order valence-corrected chi connectivity index (χ3v) is 11.0. The molecule has 5 aliphatic carbocycles. The molecule has 0 saturated heterocycles. The van der Waals surface area contributed by atoms with Crippen LogP contribution in [-0.4, -0.2) is 6.18 Å². The quantitative estimate of drug-likeness (QED) is 0.453. The number of halogens is 3. The van der Waals surface area contributed by atoms with E-state index >= 15 is 0 Å². The van der Waals surface area contributed by atoms with Crippen molar-refractivity contribution in [2.24, 2.45) is 52.3 Å². The second kappa shape index (κ2) is 6.64. The molecule has 5 unspecified atom stereocenters. The molecule has 5 saturated carbocycles. The van der Waals surface area contributed by atoms with E-state index in [-0.39, 0.29) is 5.41 Å². The average Bonchev–Trinajstić information content (AvgIpc) is 3.41. The predicted molar refractivity (Wildman–Crippen MR) is 107 cm³/mol. The highest BCUT2D eigenvalue weighted by molar-refractivity contribution is 5.09. The van der Waals surface area contributed by atoms with Gasteiger partial charge in [-0.05, 0) is 129 Å². The fourth-order valence-electron chi connectivity index (χ4n) is 9.21. The van der Waals surface area contributed by atoms with Crippen molar-refractivity contribution in [2.45, 2.75) is 103 Å². The maximum atomic E-state index is 12.9. The largest absolute Gasteiger partial charge is 0.389 e. The van der Waals surface area contributed by atoms with E-state index in [1.54, 1.807) is 0 Å². The lowest BCUT2D eigenvalue weighted by atomic mass is 9.44. The van der Waals surface area contributed by atoms with E-state index in [1.807, 2.05) is 0 Å². The van der Waals surface area contributed by atoms with Gasteiger partial charge in [0.25, 0.3) is 0 Å². The van der Waals surface area contributed by atoms with Crippen LogP contribution in [0.2, 0.25) is 0 Å². The Labute approximate surface area is 169 Å². The van der Waals surface area contributed by atoms with Crippen LogP contribution >= 0.6 is 0 Å². The smallest absolute Gasteiger partial charge is 0.171 e. The molecular weight excluding hydrogens is 357 g/mol. The van der Waals surface area contributed by atoms with Crippen molar-refractivity contribution in [3.63, 3.8) is 0 Å². The molecule has 28 heavy (non-hydrogen) atoms. The van der Waals surface area contributed by atoms with Gasteiger partial charge >= 0.3 is 6.18 Å². The highest BCUT2D eigenvalue weighted by Crippen LogP contribution is 2.69. The summed E-state index contributed by atoms with van der Waals surface area (Å²) in [5, 5.41) is 0. The zero-order chi connectivity index (χ0) is 19.7. The molecule has 5 fully saturated rings. The predicted octanol–water partition coefficient (Wildman–Crippen LogP) is 8.01. The first-order valence-electron chi connectivity index (χ1n) is 12.3. The molecule has 0 aromatic carbocycles. The summed E-state index contributed by atoms with van der Waals surface area (Å²) in [6.45, 7) is 5.00. The Balaban J connectivity index is 1.30. The molecule has 0 bridgehead atoms. The van der Waals surface area contributed by atoms with Crippen molar-refractivity contribution in [1.82, 2.24) is 0 Å². The molecule has 0 spiro atoms. The summed E-state index contributed by atoms with van der Waals surface area (Å²) in [5.74, 6) is 5.65. The molecule has 8 atom stereocenters. The van der Waals surface area contributed by atoms with Crippen LogP contribution in [0.25, 0.3) is 0 Å². The lowest BCUT2D eigenvalue weighted by molar-refractivity contribution is -0.144. The maximum Gasteiger partial charge on any atom is 0.389 e. The summed E-state index contributed by atoms with van der Waals surface area (Å²) in [6.07, 6.45) is 10.7. The van der Waals surface area contributed by atoms with Gasteiger partial charge < -0.3 is 0 Å². The first-order chi connectivity index (χ1) is 13.2. The van der Waals surface area contributed by atoms with E-state index in [2.05, 4.69) is 13.8 Å². The topological polar surface area (TPSA) is 0 Å². The molecular formula is C25H39F3. The molecule has 0 aromatic rings. The first kappa shape index (κ1) is 19.7. The van der Waals surface area contributed by atoms with Gasteiger partial charge in [-0.2, -0.15) is 13.2 Å². The van der Waals surface area contributed by atoms with Gasteiger partial charge in [0.1, 0.15) is 0 Å². The highest BCUT2D eigenvalue weighted by Gasteiger charge is 2.60. The lowest BCUT2D eigenvalue weighted by Crippen LogP contribution is -2.53. The standard InChI is InChI=1S/C25H39F3/c1-23-13-11-22-20(21(23)8-6-18(23)10-14-25(26,27)28)7-5-19-15-17(16-3-4-16)9-12-24(19,22)2/h16-22H,3-15H2,1-2H3/t17?,18?,19-,20+,21?,22?,23?,24+/m1/s1. The lowest BCUT2D eigenvalue weighted by Gasteiger charge is -2.61. The molecule has 0 heterocycles. The Morgan fingerprint density at radius 3 is 2.18 bits per heavy atom. The summed E-state index contributed by atoms with van der Waals surface area (Å²) in [5.41, 5.74) is 0.709. The summed E-state index contributed by atoms with van der Waals surface area (Å²) in [7, 11) is 0. The molecule has 0 aromatic heterocycles. The van der Waals surface area contributed by atoms with Crippen LogP contribution in [0.4, 0.5) is 13.2 Å². The van der Waals surface area contributed by atoms with E-state index in [4.69, 9.17) is 0 Å². The van der Waals surface area contributed by atoms with Crippen molar-refractivity contribution in [2.75, 3.05) is 0 Å². The summed E-state index contributed by atoms with van der Waals surface area (Å²) >= 11 is 0. The van der Waals surface area contributed by atoms with Gasteiger partial charge in [-0.25, -0.2) is 0 Å². The highest BCUT2D eigenvalue weighted by atomic mass is 19.4. The normalized spacial score (nSPS) is 51.3. The zero-order valence-electron chi connectivity index (χ0n) is 17.9. The molecule has 160 valence electrons. The molecule has 0 radical (unpaired) electrons. The van der Waals surface area contributed by atoms with Crippen molar-refractivity contribution in [3.05, 3.63) is 0 Å². The van der Waals surface area contributed by atoms with Gasteiger partial charge in [-0.1, -0.05) is 13.8 Å². The van der Waals surface area contributed by atoms with Gasteiger partial charge in [0.15, 0.2) is 0 Å². The van der Waals surface area contributed by atoms with E-state index in [1.165, 1.54) is 64.2 Å². The van der Waals surface area contributed by atoms with Crippen LogP contribution in [0.1, 0.15) is 97.3 Å². The minimum atomic E-state index is -3.99. The fourth-order valence-corrected chi connectivity index (χ4v) is 9.21.